The molecule has 0 aliphatic rings. The van der Waals surface area contributed by atoms with E-state index in [0.717, 1.165) is 24.3 Å². The predicted molar refractivity (Wildman–Crippen MR) is 78.7 cm³/mol. The van der Waals surface area contributed by atoms with Gasteiger partial charge in [0.1, 0.15) is 11.5 Å². The Morgan fingerprint density at radius 2 is 1.13 bits per heavy atom. The molecule has 1 aromatic rings. The van der Waals surface area contributed by atoms with Crippen molar-refractivity contribution >= 4 is 23.7 Å². The van der Waals surface area contributed by atoms with Crippen LogP contribution >= 0.6 is 0 Å². The van der Waals surface area contributed by atoms with Crippen LogP contribution in [0, 0.1) is 0 Å². The van der Waals surface area contributed by atoms with Crippen molar-refractivity contribution in [1.82, 2.24) is 0 Å². The molecule has 0 unspecified atom stereocenters. The quantitative estimate of drug-likeness (QED) is 0.444. The second-order valence-electron chi connectivity index (χ2n) is 4.11. The number of benzene rings is 1. The van der Waals surface area contributed by atoms with Crippen molar-refractivity contribution in [3.05, 3.63) is 48.6 Å². The lowest BCUT2D eigenvalue weighted by Crippen LogP contribution is -2.06. The number of carbonyl (C=O) groups is 4. The first-order chi connectivity index (χ1) is 10.9. The van der Waals surface area contributed by atoms with Crippen LogP contribution in [0.15, 0.2) is 48.6 Å². The fourth-order valence-electron chi connectivity index (χ4n) is 1.27. The second kappa shape index (κ2) is 8.93. The molecule has 0 aromatic heterocycles. The largest absolute Gasteiger partial charge is 0.466 e. The number of hydrogen-bond donors (Lipinski definition) is 0. The molecular formula is C16H14O7. The van der Waals surface area contributed by atoms with Gasteiger partial charge in [0.05, 0.1) is 7.11 Å². The number of ether oxygens (including phenoxy) is 3. The van der Waals surface area contributed by atoms with Crippen LogP contribution in [-0.2, 0) is 23.9 Å². The van der Waals surface area contributed by atoms with E-state index in [1.807, 2.05) is 0 Å². The molecule has 0 N–H and O–H groups in total. The molecule has 0 amide bonds. The summed E-state index contributed by atoms with van der Waals surface area (Å²) in [6, 6.07) is 5.63. The fraction of sp³-hybridized carbons (Fsp3) is 0.125. The van der Waals surface area contributed by atoms with Crippen LogP contribution in [0.3, 0.4) is 0 Å². The van der Waals surface area contributed by atoms with Gasteiger partial charge in [-0.2, -0.15) is 0 Å². The van der Waals surface area contributed by atoms with Gasteiger partial charge in [-0.05, 0) is 37.3 Å². The maximum Gasteiger partial charge on any atom is 0.336 e. The van der Waals surface area contributed by atoms with Crippen molar-refractivity contribution in [3.63, 3.8) is 0 Å². The third-order valence-electron chi connectivity index (χ3n) is 2.27. The lowest BCUT2D eigenvalue weighted by molar-refractivity contribution is -0.135. The molecule has 0 aliphatic carbocycles. The van der Waals surface area contributed by atoms with Crippen LogP contribution in [0.25, 0.3) is 0 Å². The number of allylic oxidation sites excluding steroid dienone is 1. The standard InChI is InChI=1S/C16H14O7/c1-11(17)3-8-15(19)22-12-4-6-13(7-5-12)23-16(20)10-9-14(18)21-2/h3-10H,1-2H3/b8-3-,10-9-. The summed E-state index contributed by atoms with van der Waals surface area (Å²) in [4.78, 5) is 44.3. The van der Waals surface area contributed by atoms with E-state index in [4.69, 9.17) is 9.47 Å². The van der Waals surface area contributed by atoms with Crippen molar-refractivity contribution in [2.75, 3.05) is 7.11 Å². The molecule has 0 saturated heterocycles. The number of methoxy groups -OCH3 is 1. The molecule has 23 heavy (non-hydrogen) atoms. The SMILES string of the molecule is COC(=O)/C=C\C(=O)Oc1ccc(OC(=O)/C=C\C(C)=O)cc1. The van der Waals surface area contributed by atoms with Gasteiger partial charge in [-0.25, -0.2) is 14.4 Å². The normalized spacial score (nSPS) is 10.5. The van der Waals surface area contributed by atoms with Crippen LogP contribution in [0.4, 0.5) is 0 Å². The molecule has 1 aromatic carbocycles. The molecule has 0 fully saturated rings. The van der Waals surface area contributed by atoms with Crippen LogP contribution in [0.1, 0.15) is 6.92 Å². The predicted octanol–water partition coefficient (Wildman–Crippen LogP) is 1.37. The van der Waals surface area contributed by atoms with Gasteiger partial charge in [-0.3, -0.25) is 4.79 Å². The van der Waals surface area contributed by atoms with Crippen molar-refractivity contribution in [3.8, 4) is 11.5 Å². The van der Waals surface area contributed by atoms with E-state index < -0.39 is 17.9 Å². The lowest BCUT2D eigenvalue weighted by atomic mass is 10.3. The topological polar surface area (TPSA) is 96.0 Å². The van der Waals surface area contributed by atoms with Crippen molar-refractivity contribution in [1.29, 1.82) is 0 Å². The van der Waals surface area contributed by atoms with Gasteiger partial charge in [0, 0.05) is 18.2 Å². The number of hydrogen-bond acceptors (Lipinski definition) is 7. The maximum atomic E-state index is 11.4. The van der Waals surface area contributed by atoms with Crippen molar-refractivity contribution in [2.24, 2.45) is 0 Å². The summed E-state index contributed by atoms with van der Waals surface area (Å²) in [6.07, 6.45) is 3.95. The minimum Gasteiger partial charge on any atom is -0.466 e. The summed E-state index contributed by atoms with van der Waals surface area (Å²) in [7, 11) is 1.18. The Morgan fingerprint density at radius 3 is 1.52 bits per heavy atom. The highest BCUT2D eigenvalue weighted by Crippen LogP contribution is 2.18. The highest BCUT2D eigenvalue weighted by atomic mass is 16.5. The van der Waals surface area contributed by atoms with Gasteiger partial charge in [0.15, 0.2) is 5.78 Å². The average Bonchev–Trinajstić information content (AvgIpc) is 2.52. The van der Waals surface area contributed by atoms with E-state index in [1.54, 1.807) is 0 Å². The molecule has 120 valence electrons. The van der Waals surface area contributed by atoms with E-state index in [0.29, 0.717) is 0 Å². The van der Waals surface area contributed by atoms with Gasteiger partial charge in [0.2, 0.25) is 0 Å². The molecule has 1 rings (SSSR count). The van der Waals surface area contributed by atoms with Crippen LogP contribution in [-0.4, -0.2) is 30.8 Å². The molecule has 7 heteroatoms. The molecule has 0 spiro atoms. The summed E-state index contributed by atoms with van der Waals surface area (Å²) in [5.74, 6) is -2.00. The van der Waals surface area contributed by atoms with Crippen molar-refractivity contribution in [2.45, 2.75) is 6.92 Å². The molecule has 7 nitrogen and oxygen atoms in total. The Labute approximate surface area is 132 Å². The van der Waals surface area contributed by atoms with Gasteiger partial charge < -0.3 is 14.2 Å². The van der Waals surface area contributed by atoms with Crippen LogP contribution < -0.4 is 9.47 Å². The average molecular weight is 318 g/mol. The van der Waals surface area contributed by atoms with E-state index >= 15 is 0 Å². The highest BCUT2D eigenvalue weighted by Gasteiger charge is 2.04. The van der Waals surface area contributed by atoms with E-state index in [9.17, 15) is 19.2 Å². The van der Waals surface area contributed by atoms with Crippen LogP contribution in [0.2, 0.25) is 0 Å². The van der Waals surface area contributed by atoms with Gasteiger partial charge in [0.25, 0.3) is 0 Å². The highest BCUT2D eigenvalue weighted by molar-refractivity contribution is 5.95. The molecular weight excluding hydrogens is 304 g/mol. The van der Waals surface area contributed by atoms with Crippen LogP contribution in [0.5, 0.6) is 11.5 Å². The number of ketones is 1. The fourth-order valence-corrected chi connectivity index (χ4v) is 1.27. The summed E-state index contributed by atoms with van der Waals surface area (Å²) in [5, 5.41) is 0. The first kappa shape index (κ1) is 17.8. The monoisotopic (exact) mass is 318 g/mol. The minimum atomic E-state index is -0.760. The first-order valence-electron chi connectivity index (χ1n) is 6.39. The zero-order valence-electron chi connectivity index (χ0n) is 12.5. The zero-order chi connectivity index (χ0) is 17.2. The Hall–Kier alpha value is -3.22. The molecule has 0 heterocycles. The summed E-state index contributed by atoms with van der Waals surface area (Å²) in [5.41, 5.74) is 0. The molecule has 0 aliphatic heterocycles. The van der Waals surface area contributed by atoms with Crippen molar-refractivity contribution < 1.29 is 33.4 Å². The van der Waals surface area contributed by atoms with Gasteiger partial charge >= 0.3 is 17.9 Å². The van der Waals surface area contributed by atoms with Gasteiger partial charge in [-0.1, -0.05) is 0 Å². The second-order valence-corrected chi connectivity index (χ2v) is 4.11. The Morgan fingerprint density at radius 1 is 0.739 bits per heavy atom. The summed E-state index contributed by atoms with van der Waals surface area (Å²) < 4.78 is 14.2. The Bertz CT molecular complexity index is 654. The molecule has 0 atom stereocenters. The Kier molecular flexibility index (Phi) is 6.93. The molecule has 0 saturated carbocycles. The van der Waals surface area contributed by atoms with E-state index in [1.165, 1.54) is 38.3 Å². The lowest BCUT2D eigenvalue weighted by Gasteiger charge is -2.04. The smallest absolute Gasteiger partial charge is 0.336 e. The maximum absolute atomic E-state index is 11.4. The first-order valence-corrected chi connectivity index (χ1v) is 6.39. The minimum absolute atomic E-state index is 0.198. The molecule has 0 radical (unpaired) electrons. The Balaban J connectivity index is 2.58. The third-order valence-corrected chi connectivity index (χ3v) is 2.27. The van der Waals surface area contributed by atoms with E-state index in [2.05, 4.69) is 4.74 Å². The zero-order valence-corrected chi connectivity index (χ0v) is 12.5. The summed E-state index contributed by atoms with van der Waals surface area (Å²) >= 11 is 0. The number of rotatable bonds is 6. The molecule has 0 bridgehead atoms. The van der Waals surface area contributed by atoms with Gasteiger partial charge in [-0.15, -0.1) is 0 Å². The summed E-state index contributed by atoms with van der Waals surface area (Å²) in [6.45, 7) is 1.31. The van der Waals surface area contributed by atoms with E-state index in [-0.39, 0.29) is 17.3 Å². The number of carbonyl (C=O) groups excluding carboxylic acids is 4. The third kappa shape index (κ3) is 7.37. The number of esters is 3.